The van der Waals surface area contributed by atoms with Gasteiger partial charge in [-0.15, -0.1) is 0 Å². The van der Waals surface area contributed by atoms with Crippen LogP contribution in [-0.2, 0) is 0 Å². The van der Waals surface area contributed by atoms with E-state index in [1.807, 2.05) is 19.1 Å². The SMILES string of the molecule is CCC(O)C(C)c1ccc2ccccc2c1. The Hall–Kier alpha value is -1.34. The molecule has 0 heterocycles. The molecule has 0 saturated heterocycles. The fraction of sp³-hybridized carbons (Fsp3) is 0.333. The Kier molecular flexibility index (Phi) is 3.25. The van der Waals surface area contributed by atoms with Crippen molar-refractivity contribution in [2.75, 3.05) is 0 Å². The average molecular weight is 214 g/mol. The first-order valence-corrected chi connectivity index (χ1v) is 5.89. The molecule has 0 radical (unpaired) electrons. The van der Waals surface area contributed by atoms with Crippen LogP contribution < -0.4 is 0 Å². The summed E-state index contributed by atoms with van der Waals surface area (Å²) in [5, 5.41) is 12.4. The summed E-state index contributed by atoms with van der Waals surface area (Å²) in [5.74, 6) is 0.203. The zero-order valence-corrected chi connectivity index (χ0v) is 9.85. The normalized spacial score (nSPS) is 14.9. The number of hydrogen-bond acceptors (Lipinski definition) is 1. The molecular weight excluding hydrogens is 196 g/mol. The summed E-state index contributed by atoms with van der Waals surface area (Å²) in [6.07, 6.45) is 0.551. The van der Waals surface area contributed by atoms with Gasteiger partial charge in [-0.2, -0.15) is 0 Å². The van der Waals surface area contributed by atoms with E-state index in [2.05, 4.69) is 37.3 Å². The van der Waals surface area contributed by atoms with Crippen LogP contribution in [0.3, 0.4) is 0 Å². The molecule has 84 valence electrons. The van der Waals surface area contributed by atoms with Gasteiger partial charge < -0.3 is 5.11 Å². The smallest absolute Gasteiger partial charge is 0.0603 e. The second-order valence-electron chi connectivity index (χ2n) is 4.37. The number of fused-ring (bicyclic) bond motifs is 1. The lowest BCUT2D eigenvalue weighted by Gasteiger charge is -2.18. The summed E-state index contributed by atoms with van der Waals surface area (Å²) in [5.41, 5.74) is 1.22. The average Bonchev–Trinajstić information content (AvgIpc) is 2.36. The van der Waals surface area contributed by atoms with E-state index < -0.39 is 0 Å². The highest BCUT2D eigenvalue weighted by Gasteiger charge is 2.14. The Labute approximate surface area is 96.7 Å². The minimum Gasteiger partial charge on any atom is -0.393 e. The van der Waals surface area contributed by atoms with Crippen LogP contribution in [0, 0.1) is 0 Å². The molecule has 0 saturated carbocycles. The van der Waals surface area contributed by atoms with E-state index >= 15 is 0 Å². The molecule has 0 aliphatic rings. The van der Waals surface area contributed by atoms with Gasteiger partial charge in [-0.05, 0) is 22.8 Å². The molecule has 2 unspecified atom stereocenters. The van der Waals surface area contributed by atoms with Gasteiger partial charge in [0, 0.05) is 5.92 Å². The van der Waals surface area contributed by atoms with Gasteiger partial charge in [-0.3, -0.25) is 0 Å². The Morgan fingerprint density at radius 1 is 1.06 bits per heavy atom. The van der Waals surface area contributed by atoms with Gasteiger partial charge in [0.1, 0.15) is 0 Å². The first kappa shape index (κ1) is 11.2. The zero-order chi connectivity index (χ0) is 11.5. The van der Waals surface area contributed by atoms with Crippen LogP contribution in [0.2, 0.25) is 0 Å². The molecule has 0 aliphatic heterocycles. The molecule has 0 aliphatic carbocycles. The van der Waals surface area contributed by atoms with Crippen molar-refractivity contribution in [2.24, 2.45) is 0 Å². The van der Waals surface area contributed by atoms with Crippen LogP contribution in [0.25, 0.3) is 10.8 Å². The molecule has 1 heteroatoms. The van der Waals surface area contributed by atoms with Crippen LogP contribution in [0.5, 0.6) is 0 Å². The van der Waals surface area contributed by atoms with Crippen LogP contribution >= 0.6 is 0 Å². The predicted molar refractivity (Wildman–Crippen MR) is 68.7 cm³/mol. The number of aliphatic hydroxyl groups excluding tert-OH is 1. The second-order valence-corrected chi connectivity index (χ2v) is 4.37. The molecule has 2 aromatic carbocycles. The van der Waals surface area contributed by atoms with E-state index in [1.54, 1.807) is 0 Å². The summed E-state index contributed by atoms with van der Waals surface area (Å²) < 4.78 is 0. The molecule has 0 fully saturated rings. The Bertz CT molecular complexity index is 476. The lowest BCUT2D eigenvalue weighted by atomic mass is 9.92. The minimum atomic E-state index is -0.249. The first-order valence-electron chi connectivity index (χ1n) is 5.89. The third kappa shape index (κ3) is 2.10. The van der Waals surface area contributed by atoms with E-state index in [1.165, 1.54) is 16.3 Å². The standard InChI is InChI=1S/C15H18O/c1-3-15(16)11(2)13-9-8-12-6-4-5-7-14(12)10-13/h4-11,15-16H,3H2,1-2H3. The highest BCUT2D eigenvalue weighted by molar-refractivity contribution is 5.83. The maximum Gasteiger partial charge on any atom is 0.0603 e. The number of aliphatic hydroxyl groups is 1. The molecule has 2 atom stereocenters. The van der Waals surface area contributed by atoms with Crippen molar-refractivity contribution >= 4 is 10.8 Å². The molecule has 0 spiro atoms. The van der Waals surface area contributed by atoms with Crippen molar-refractivity contribution in [3.05, 3.63) is 48.0 Å². The zero-order valence-electron chi connectivity index (χ0n) is 9.85. The van der Waals surface area contributed by atoms with E-state index in [9.17, 15) is 5.11 Å². The monoisotopic (exact) mass is 214 g/mol. The van der Waals surface area contributed by atoms with Crippen LogP contribution in [-0.4, -0.2) is 11.2 Å². The first-order chi connectivity index (χ1) is 7.72. The highest BCUT2D eigenvalue weighted by Crippen LogP contribution is 2.24. The lowest BCUT2D eigenvalue weighted by Crippen LogP contribution is -2.14. The molecule has 2 aromatic rings. The number of rotatable bonds is 3. The van der Waals surface area contributed by atoms with E-state index in [-0.39, 0.29) is 12.0 Å². The van der Waals surface area contributed by atoms with Gasteiger partial charge in [0.05, 0.1) is 6.10 Å². The third-order valence-corrected chi connectivity index (χ3v) is 3.29. The summed E-state index contributed by atoms with van der Waals surface area (Å²) >= 11 is 0. The molecular formula is C15H18O. The van der Waals surface area contributed by atoms with Crippen molar-refractivity contribution < 1.29 is 5.11 Å². The van der Waals surface area contributed by atoms with E-state index in [0.29, 0.717) is 0 Å². The topological polar surface area (TPSA) is 20.2 Å². The molecule has 0 bridgehead atoms. The quantitative estimate of drug-likeness (QED) is 0.825. The second kappa shape index (κ2) is 4.67. The number of hydrogen-bond donors (Lipinski definition) is 1. The molecule has 1 N–H and O–H groups in total. The molecule has 0 aromatic heterocycles. The fourth-order valence-corrected chi connectivity index (χ4v) is 2.07. The van der Waals surface area contributed by atoms with Gasteiger partial charge >= 0.3 is 0 Å². The fourth-order valence-electron chi connectivity index (χ4n) is 2.07. The third-order valence-electron chi connectivity index (χ3n) is 3.29. The van der Waals surface area contributed by atoms with Gasteiger partial charge in [0.25, 0.3) is 0 Å². The Morgan fingerprint density at radius 3 is 2.44 bits per heavy atom. The maximum atomic E-state index is 9.85. The van der Waals surface area contributed by atoms with Crippen molar-refractivity contribution in [1.82, 2.24) is 0 Å². The van der Waals surface area contributed by atoms with Crippen molar-refractivity contribution in [1.29, 1.82) is 0 Å². The molecule has 2 rings (SSSR count). The number of benzene rings is 2. The predicted octanol–water partition coefficient (Wildman–Crippen LogP) is 3.71. The molecule has 0 amide bonds. The summed E-state index contributed by atoms with van der Waals surface area (Å²) in [7, 11) is 0. The van der Waals surface area contributed by atoms with Gasteiger partial charge in [-0.25, -0.2) is 0 Å². The van der Waals surface area contributed by atoms with Crippen LogP contribution in [0.15, 0.2) is 42.5 Å². The minimum absolute atomic E-state index is 0.203. The van der Waals surface area contributed by atoms with Crippen molar-refractivity contribution in [2.45, 2.75) is 32.3 Å². The van der Waals surface area contributed by atoms with E-state index in [0.717, 1.165) is 6.42 Å². The molecule has 1 nitrogen and oxygen atoms in total. The Morgan fingerprint density at radius 2 is 1.75 bits per heavy atom. The summed E-state index contributed by atoms with van der Waals surface area (Å²) in [4.78, 5) is 0. The van der Waals surface area contributed by atoms with Crippen molar-refractivity contribution in [3.63, 3.8) is 0 Å². The highest BCUT2D eigenvalue weighted by atomic mass is 16.3. The van der Waals surface area contributed by atoms with Crippen LogP contribution in [0.4, 0.5) is 0 Å². The molecule has 16 heavy (non-hydrogen) atoms. The van der Waals surface area contributed by atoms with E-state index in [4.69, 9.17) is 0 Å². The van der Waals surface area contributed by atoms with Gasteiger partial charge in [-0.1, -0.05) is 56.3 Å². The maximum absolute atomic E-state index is 9.85. The Balaban J connectivity index is 2.39. The van der Waals surface area contributed by atoms with Crippen LogP contribution in [0.1, 0.15) is 31.7 Å². The van der Waals surface area contributed by atoms with Gasteiger partial charge in [0.2, 0.25) is 0 Å². The summed E-state index contributed by atoms with van der Waals surface area (Å²) in [6, 6.07) is 14.7. The lowest BCUT2D eigenvalue weighted by molar-refractivity contribution is 0.145. The largest absolute Gasteiger partial charge is 0.393 e. The van der Waals surface area contributed by atoms with Crippen molar-refractivity contribution in [3.8, 4) is 0 Å². The van der Waals surface area contributed by atoms with Gasteiger partial charge in [0.15, 0.2) is 0 Å². The summed E-state index contributed by atoms with van der Waals surface area (Å²) in [6.45, 7) is 4.10.